The van der Waals surface area contributed by atoms with Crippen molar-refractivity contribution in [3.63, 3.8) is 0 Å². The summed E-state index contributed by atoms with van der Waals surface area (Å²) in [5, 5.41) is 7.41. The molecule has 4 unspecified atom stereocenters. The number of carbonyl (C=O) groups excluding carboxylic acids is 4. The van der Waals surface area contributed by atoms with Crippen molar-refractivity contribution in [3.05, 3.63) is 72.4 Å². The molecular weight excluding hydrogens is 733 g/mol. The molecule has 4 heterocycles. The maximum Gasteiger partial charge on any atom is 0.407 e. The van der Waals surface area contributed by atoms with Gasteiger partial charge in [-0.25, -0.2) is 29.6 Å². The smallest absolute Gasteiger partial charge is 0.407 e. The molecule has 0 aliphatic carbocycles. The number of alkyl carbamates (subject to hydrolysis) is 2. The quantitative estimate of drug-likeness (QED) is 0.122. The molecule has 2 fully saturated rings. The van der Waals surface area contributed by atoms with Crippen LogP contribution in [0.5, 0.6) is 0 Å². The number of aromatic amines is 2. The highest BCUT2D eigenvalue weighted by molar-refractivity contribution is 8.32. The lowest BCUT2D eigenvalue weighted by atomic mass is 9.99. The van der Waals surface area contributed by atoms with E-state index in [4.69, 9.17) is 19.4 Å². The number of hydrogen-bond acceptors (Lipinski definition) is 8. The molecular formula is C41H50N8O6S. The second kappa shape index (κ2) is 15.9. The number of amides is 4. The number of carbonyl (C=O) groups is 4. The topological polar surface area (TPSA) is 175 Å². The largest absolute Gasteiger partial charge is 0.453 e. The predicted molar refractivity (Wildman–Crippen MR) is 218 cm³/mol. The molecule has 4 amide bonds. The summed E-state index contributed by atoms with van der Waals surface area (Å²) in [6.45, 7) is 4.33. The third kappa shape index (κ3) is 7.64. The van der Waals surface area contributed by atoms with E-state index in [-0.39, 0.29) is 23.9 Å². The lowest BCUT2D eigenvalue weighted by Crippen LogP contribution is -2.48. The van der Waals surface area contributed by atoms with Gasteiger partial charge < -0.3 is 39.9 Å². The summed E-state index contributed by atoms with van der Waals surface area (Å²) in [6.07, 6.45) is 7.56. The van der Waals surface area contributed by atoms with E-state index in [1.54, 1.807) is 0 Å². The lowest BCUT2D eigenvalue weighted by molar-refractivity contribution is -0.135. The number of nitrogens with one attached hydrogen (secondary N) is 4. The maximum absolute atomic E-state index is 13.6. The summed E-state index contributed by atoms with van der Waals surface area (Å²) >= 11 is 0. The van der Waals surface area contributed by atoms with Crippen molar-refractivity contribution in [2.24, 2.45) is 0 Å². The highest BCUT2D eigenvalue weighted by Gasteiger charge is 2.42. The van der Waals surface area contributed by atoms with E-state index in [1.807, 2.05) is 35.9 Å². The Kier molecular flexibility index (Phi) is 11.0. The van der Waals surface area contributed by atoms with Gasteiger partial charge in [0.2, 0.25) is 11.8 Å². The van der Waals surface area contributed by atoms with Crippen LogP contribution in [-0.4, -0.2) is 111 Å². The van der Waals surface area contributed by atoms with Gasteiger partial charge in [-0.1, -0.05) is 56.3 Å². The number of ether oxygens (including phenoxy) is 2. The number of likely N-dealkylation sites (tertiary alicyclic amines) is 1. The summed E-state index contributed by atoms with van der Waals surface area (Å²) in [7, 11) is 1.50. The summed E-state index contributed by atoms with van der Waals surface area (Å²) in [6, 6.07) is 17.0. The molecule has 0 radical (unpaired) electrons. The van der Waals surface area contributed by atoms with E-state index in [2.05, 4.69) is 81.6 Å². The molecule has 4 atom stereocenters. The molecule has 56 heavy (non-hydrogen) atoms. The number of fused-ring (bicyclic) bond motifs is 3. The van der Waals surface area contributed by atoms with Crippen LogP contribution in [0.4, 0.5) is 9.59 Å². The first kappa shape index (κ1) is 38.7. The minimum Gasteiger partial charge on any atom is -0.453 e. The first-order valence-electron chi connectivity index (χ1n) is 19.0. The average molecular weight is 783 g/mol. The van der Waals surface area contributed by atoms with Crippen molar-refractivity contribution in [1.82, 2.24) is 40.4 Å². The zero-order chi connectivity index (χ0) is 39.7. The molecule has 2 aromatic heterocycles. The van der Waals surface area contributed by atoms with Crippen molar-refractivity contribution in [2.45, 2.75) is 63.7 Å². The summed E-state index contributed by atoms with van der Waals surface area (Å²) in [5.74, 6) is 2.67. The monoisotopic (exact) mass is 782 g/mol. The highest BCUT2D eigenvalue weighted by Crippen LogP contribution is 2.52. The van der Waals surface area contributed by atoms with Gasteiger partial charge in [0.1, 0.15) is 23.7 Å². The second-order valence-corrected chi connectivity index (χ2v) is 19.2. The Morgan fingerprint density at radius 3 is 2.12 bits per heavy atom. The van der Waals surface area contributed by atoms with Crippen LogP contribution in [0.2, 0.25) is 0 Å². The number of rotatable bonds is 10. The summed E-state index contributed by atoms with van der Waals surface area (Å²) in [4.78, 5) is 71.4. The van der Waals surface area contributed by atoms with Crippen LogP contribution in [-0.2, 0) is 19.1 Å². The van der Waals surface area contributed by atoms with Gasteiger partial charge in [0.15, 0.2) is 0 Å². The number of benzene rings is 3. The van der Waals surface area contributed by atoms with Crippen molar-refractivity contribution in [1.29, 1.82) is 0 Å². The molecule has 2 aliphatic rings. The Morgan fingerprint density at radius 2 is 1.46 bits per heavy atom. The highest BCUT2D eigenvalue weighted by atomic mass is 32.3. The normalized spacial score (nSPS) is 19.5. The predicted octanol–water partition coefficient (Wildman–Crippen LogP) is 6.61. The van der Waals surface area contributed by atoms with E-state index >= 15 is 0 Å². The third-order valence-corrected chi connectivity index (χ3v) is 13.1. The van der Waals surface area contributed by atoms with Gasteiger partial charge in [-0.2, -0.15) is 0 Å². The van der Waals surface area contributed by atoms with E-state index in [9.17, 15) is 19.2 Å². The van der Waals surface area contributed by atoms with Gasteiger partial charge in [-0.15, -0.1) is 0 Å². The van der Waals surface area contributed by atoms with E-state index in [1.165, 1.54) is 14.2 Å². The minimum atomic E-state index is -1.08. The zero-order valence-corrected chi connectivity index (χ0v) is 33.5. The SMILES string of the molecule is CCC(NC(=O)OC)C(=O)N1CS(C)(C)CC1c1ncc(-c2ccc(-c3ccc4c(ccc5[nH]c(C6CCCN6C(=O)C(CC)NC(=O)OC)nc54)c3)cc2)[nH]1. The molecule has 0 spiro atoms. The Balaban J connectivity index is 1.08. The summed E-state index contributed by atoms with van der Waals surface area (Å²) < 4.78 is 9.49. The molecule has 15 heteroatoms. The number of hydrogen-bond donors (Lipinski definition) is 4. The second-order valence-electron chi connectivity index (χ2n) is 15.0. The number of nitrogens with zero attached hydrogens (tertiary/aromatic N) is 4. The van der Waals surface area contributed by atoms with Gasteiger partial charge in [0.05, 0.1) is 55.1 Å². The molecule has 4 N–H and O–H groups in total. The molecule has 7 rings (SSSR count). The Hall–Kier alpha value is -5.57. The van der Waals surface area contributed by atoms with Crippen molar-refractivity contribution in [3.8, 4) is 22.4 Å². The molecule has 5 aromatic rings. The Labute approximate surface area is 327 Å². The Morgan fingerprint density at radius 1 is 0.821 bits per heavy atom. The van der Waals surface area contributed by atoms with Gasteiger partial charge >= 0.3 is 12.2 Å². The minimum absolute atomic E-state index is 0.129. The number of methoxy groups -OCH3 is 2. The molecule has 2 saturated heterocycles. The van der Waals surface area contributed by atoms with Crippen LogP contribution in [0.15, 0.2) is 60.8 Å². The molecule has 0 saturated carbocycles. The number of H-pyrrole nitrogens is 2. The van der Waals surface area contributed by atoms with Crippen molar-refractivity contribution < 1.29 is 28.7 Å². The lowest BCUT2D eigenvalue weighted by Gasteiger charge is -2.28. The van der Waals surface area contributed by atoms with Crippen LogP contribution in [0.25, 0.3) is 44.2 Å². The molecule has 0 bridgehead atoms. The average Bonchev–Trinajstić information content (AvgIpc) is 4.03. The number of aromatic nitrogens is 4. The van der Waals surface area contributed by atoms with Crippen molar-refractivity contribution >= 4 is 55.8 Å². The molecule has 3 aromatic carbocycles. The van der Waals surface area contributed by atoms with E-state index in [0.717, 1.165) is 74.4 Å². The summed E-state index contributed by atoms with van der Waals surface area (Å²) in [5.41, 5.74) is 5.72. The molecule has 14 nitrogen and oxygen atoms in total. The number of imidazole rings is 2. The first-order valence-corrected chi connectivity index (χ1v) is 21.8. The van der Waals surface area contributed by atoms with Gasteiger partial charge in [0, 0.05) is 17.7 Å². The fourth-order valence-corrected chi connectivity index (χ4v) is 10.3. The van der Waals surface area contributed by atoms with E-state index in [0.29, 0.717) is 25.3 Å². The van der Waals surface area contributed by atoms with Gasteiger partial charge in [-0.05, 0) is 72.4 Å². The molecule has 2 aliphatic heterocycles. The van der Waals surface area contributed by atoms with Crippen LogP contribution in [0, 0.1) is 0 Å². The maximum atomic E-state index is 13.6. The fraction of sp³-hybridized carbons (Fsp3) is 0.415. The first-order chi connectivity index (χ1) is 26.9. The van der Waals surface area contributed by atoms with Crippen LogP contribution in [0.3, 0.4) is 0 Å². The third-order valence-electron chi connectivity index (χ3n) is 10.9. The van der Waals surface area contributed by atoms with Crippen LogP contribution < -0.4 is 10.6 Å². The fourth-order valence-electron chi connectivity index (χ4n) is 7.93. The Bertz CT molecular complexity index is 2270. The van der Waals surface area contributed by atoms with Crippen LogP contribution in [0.1, 0.15) is 63.3 Å². The standard InChI is InChI=1S/C41H50N8O6S/c1-7-29(45-40(52)54-3)38(50)48-19-9-10-33(48)37-43-31-18-16-27-20-26(15-17-28(27)35(31)47-37)24-11-13-25(14-12-24)32-21-42-36(44-32)34-22-56(5,6)23-49(34)39(51)30(8-2)46-41(53)55-4/h11-18,20-21,29-30,33-34H,7-10,19,22-23H2,1-6H3,(H,42,44)(H,43,47)(H,45,52)(H,46,53). The van der Waals surface area contributed by atoms with Gasteiger partial charge in [-0.3, -0.25) is 9.59 Å². The zero-order valence-electron chi connectivity index (χ0n) is 32.7. The molecule has 296 valence electrons. The van der Waals surface area contributed by atoms with Crippen molar-refractivity contribution in [2.75, 3.05) is 44.9 Å². The van der Waals surface area contributed by atoms with E-state index < -0.39 is 34.3 Å². The van der Waals surface area contributed by atoms with Crippen LogP contribution >= 0.6 is 10.0 Å². The van der Waals surface area contributed by atoms with Gasteiger partial charge in [0.25, 0.3) is 0 Å².